The van der Waals surface area contributed by atoms with Gasteiger partial charge in [0.25, 0.3) is 15.7 Å². The lowest BCUT2D eigenvalue weighted by molar-refractivity contribution is -0.385. The lowest BCUT2D eigenvalue weighted by Gasteiger charge is -2.34. The molecule has 4 aromatic carbocycles. The van der Waals surface area contributed by atoms with Crippen molar-refractivity contribution in [3.05, 3.63) is 128 Å². The van der Waals surface area contributed by atoms with Gasteiger partial charge >= 0.3 is 0 Å². The van der Waals surface area contributed by atoms with Crippen molar-refractivity contribution >= 4 is 56.4 Å². The number of nitro groups is 1. The van der Waals surface area contributed by atoms with Crippen LogP contribution in [-0.2, 0) is 32.6 Å². The van der Waals surface area contributed by atoms with Crippen LogP contribution < -0.4 is 14.4 Å². The summed E-state index contributed by atoms with van der Waals surface area (Å²) in [5.74, 6) is -0.747. The Morgan fingerprint density at radius 3 is 2.22 bits per heavy atom. The molecule has 258 valence electrons. The first-order valence-corrected chi connectivity index (χ1v) is 17.4. The van der Waals surface area contributed by atoms with Gasteiger partial charge in [-0.3, -0.25) is 24.0 Å². The summed E-state index contributed by atoms with van der Waals surface area (Å²) in [6.45, 7) is 4.15. The third-order valence-corrected chi connectivity index (χ3v) is 10.0. The van der Waals surface area contributed by atoms with E-state index in [0.717, 1.165) is 15.9 Å². The quantitative estimate of drug-likeness (QED) is 0.114. The van der Waals surface area contributed by atoms with Crippen LogP contribution in [-0.4, -0.2) is 55.8 Å². The number of amides is 2. The normalized spacial score (nSPS) is 11.9. The Balaban J connectivity index is 1.86. The minimum absolute atomic E-state index is 0.0908. The summed E-state index contributed by atoms with van der Waals surface area (Å²) in [5, 5.41) is 15.2. The Morgan fingerprint density at radius 2 is 1.63 bits per heavy atom. The van der Waals surface area contributed by atoms with Gasteiger partial charge in [0, 0.05) is 40.7 Å². The molecule has 0 spiro atoms. The maximum atomic E-state index is 14.6. The third kappa shape index (κ3) is 9.28. The third-order valence-electron chi connectivity index (χ3n) is 7.66. The summed E-state index contributed by atoms with van der Waals surface area (Å²) in [5.41, 5.74) is 1.20. The number of nitro benzene ring substituents is 1. The molecule has 1 N–H and O–H groups in total. The van der Waals surface area contributed by atoms with Gasteiger partial charge < -0.3 is 15.0 Å². The van der Waals surface area contributed by atoms with Gasteiger partial charge in [-0.2, -0.15) is 0 Å². The average Bonchev–Trinajstić information content (AvgIpc) is 3.06. The molecule has 0 fully saturated rings. The fourth-order valence-electron chi connectivity index (χ4n) is 5.12. The van der Waals surface area contributed by atoms with Gasteiger partial charge in [0.2, 0.25) is 11.8 Å². The van der Waals surface area contributed by atoms with Crippen molar-refractivity contribution in [3.8, 4) is 5.75 Å². The molecular formula is C35H36Cl2N4O7S. The van der Waals surface area contributed by atoms with Crippen molar-refractivity contribution in [3.63, 3.8) is 0 Å². The van der Waals surface area contributed by atoms with Crippen LogP contribution in [0.15, 0.2) is 95.9 Å². The van der Waals surface area contributed by atoms with Gasteiger partial charge in [-0.15, -0.1) is 0 Å². The number of sulfonamides is 1. The van der Waals surface area contributed by atoms with Crippen LogP contribution in [0.2, 0.25) is 10.0 Å². The number of carbonyl (C=O) groups is 2. The highest BCUT2D eigenvalue weighted by molar-refractivity contribution is 7.92. The highest BCUT2D eigenvalue weighted by atomic mass is 35.5. The minimum Gasteiger partial charge on any atom is -0.497 e. The minimum atomic E-state index is -4.59. The number of carbonyl (C=O) groups excluding carboxylic acids is 2. The second-order valence-corrected chi connectivity index (χ2v) is 14.2. The highest BCUT2D eigenvalue weighted by Gasteiger charge is 2.35. The van der Waals surface area contributed by atoms with Crippen molar-refractivity contribution in [2.75, 3.05) is 18.0 Å². The van der Waals surface area contributed by atoms with E-state index in [1.807, 2.05) is 30.3 Å². The number of hydrogen-bond acceptors (Lipinski definition) is 7. The van der Waals surface area contributed by atoms with E-state index in [2.05, 4.69) is 5.32 Å². The van der Waals surface area contributed by atoms with E-state index >= 15 is 0 Å². The molecule has 0 radical (unpaired) electrons. The zero-order valence-electron chi connectivity index (χ0n) is 27.3. The average molecular weight is 728 g/mol. The van der Waals surface area contributed by atoms with Gasteiger partial charge in [-0.25, -0.2) is 8.42 Å². The molecule has 4 aromatic rings. The Kier molecular flexibility index (Phi) is 12.3. The lowest BCUT2D eigenvalue weighted by Crippen LogP contribution is -2.54. The number of nitrogens with one attached hydrogen (secondary N) is 1. The Labute approximate surface area is 295 Å². The molecule has 0 unspecified atom stereocenters. The van der Waals surface area contributed by atoms with Crippen LogP contribution in [0, 0.1) is 17.0 Å². The number of nitrogens with zero attached hydrogens (tertiary/aromatic N) is 3. The summed E-state index contributed by atoms with van der Waals surface area (Å²) < 4.78 is 34.7. The Bertz CT molecular complexity index is 1920. The number of rotatable bonds is 14. The number of hydrogen-bond donors (Lipinski definition) is 1. The number of methoxy groups -OCH3 is 1. The van der Waals surface area contributed by atoms with E-state index in [0.29, 0.717) is 16.3 Å². The van der Waals surface area contributed by atoms with Crippen LogP contribution >= 0.6 is 23.2 Å². The van der Waals surface area contributed by atoms with Crippen LogP contribution in [0.4, 0.5) is 11.4 Å². The fourth-order valence-corrected chi connectivity index (χ4v) is 7.02. The van der Waals surface area contributed by atoms with E-state index < -0.39 is 45.0 Å². The van der Waals surface area contributed by atoms with Gasteiger partial charge in [0.15, 0.2) is 0 Å². The van der Waals surface area contributed by atoms with Crippen molar-refractivity contribution in [1.29, 1.82) is 0 Å². The smallest absolute Gasteiger partial charge is 0.273 e. The summed E-state index contributed by atoms with van der Waals surface area (Å²) in [4.78, 5) is 40.4. The predicted octanol–water partition coefficient (Wildman–Crippen LogP) is 6.58. The van der Waals surface area contributed by atoms with Gasteiger partial charge in [0.05, 0.1) is 22.6 Å². The Hall–Kier alpha value is -4.65. The van der Waals surface area contributed by atoms with Crippen molar-refractivity contribution < 1.29 is 27.7 Å². The molecule has 2 amide bonds. The Morgan fingerprint density at radius 1 is 0.959 bits per heavy atom. The topological polar surface area (TPSA) is 139 Å². The molecule has 0 bridgehead atoms. The molecular weight excluding hydrogens is 691 g/mol. The number of ether oxygens (including phenoxy) is 1. The van der Waals surface area contributed by atoms with Crippen LogP contribution in [0.25, 0.3) is 0 Å². The molecule has 0 aromatic heterocycles. The standard InChI is InChI=1S/C35H36Cl2N4O7S/c1-23(2)38-35(43)33(18-25-8-6-5-7-9-25)39(21-26-11-12-27(36)19-31(26)37)34(42)22-40(28-13-15-29(48-4)16-14-28)49(46,47)30-17-10-24(3)32(20-30)41(44)45/h5-17,19-20,23,33H,18,21-22H2,1-4H3,(H,38,43)/t33-/m0/s1. The monoisotopic (exact) mass is 726 g/mol. The van der Waals surface area contributed by atoms with Crippen molar-refractivity contribution in [2.45, 2.75) is 50.7 Å². The first-order chi connectivity index (χ1) is 23.2. The number of benzene rings is 4. The maximum absolute atomic E-state index is 14.6. The molecule has 1 atom stereocenters. The van der Waals surface area contributed by atoms with E-state index in [1.165, 1.54) is 61.4 Å². The fraction of sp³-hybridized carbons (Fsp3) is 0.257. The second kappa shape index (κ2) is 16.2. The zero-order chi connectivity index (χ0) is 35.9. The molecule has 0 aliphatic rings. The van der Waals surface area contributed by atoms with E-state index in [-0.39, 0.29) is 40.2 Å². The van der Waals surface area contributed by atoms with Gasteiger partial charge in [-0.1, -0.05) is 65.7 Å². The molecule has 0 aliphatic carbocycles. The van der Waals surface area contributed by atoms with Crippen LogP contribution in [0.3, 0.4) is 0 Å². The largest absolute Gasteiger partial charge is 0.497 e. The molecule has 0 saturated heterocycles. The van der Waals surface area contributed by atoms with Crippen molar-refractivity contribution in [2.24, 2.45) is 0 Å². The molecule has 0 heterocycles. The van der Waals surface area contributed by atoms with E-state index in [4.69, 9.17) is 27.9 Å². The molecule has 0 aliphatic heterocycles. The van der Waals surface area contributed by atoms with Crippen LogP contribution in [0.5, 0.6) is 5.75 Å². The zero-order valence-corrected chi connectivity index (χ0v) is 29.6. The predicted molar refractivity (Wildman–Crippen MR) is 190 cm³/mol. The molecule has 4 rings (SSSR count). The van der Waals surface area contributed by atoms with Crippen molar-refractivity contribution in [1.82, 2.24) is 10.2 Å². The number of aryl methyl sites for hydroxylation is 1. The van der Waals surface area contributed by atoms with Gasteiger partial charge in [0.1, 0.15) is 18.3 Å². The van der Waals surface area contributed by atoms with Gasteiger partial charge in [-0.05, 0) is 74.4 Å². The number of halogens is 2. The molecule has 0 saturated carbocycles. The summed E-state index contributed by atoms with van der Waals surface area (Å²) in [6, 6.07) is 22.0. The first kappa shape index (κ1) is 37.2. The first-order valence-electron chi connectivity index (χ1n) is 15.2. The maximum Gasteiger partial charge on any atom is 0.273 e. The van der Waals surface area contributed by atoms with Crippen LogP contribution in [0.1, 0.15) is 30.5 Å². The molecule has 11 nitrogen and oxygen atoms in total. The van der Waals surface area contributed by atoms with E-state index in [9.17, 15) is 28.1 Å². The second-order valence-electron chi connectivity index (χ2n) is 11.5. The van der Waals surface area contributed by atoms with E-state index in [1.54, 1.807) is 26.0 Å². The number of anilines is 1. The SMILES string of the molecule is COc1ccc(N(CC(=O)N(Cc2ccc(Cl)cc2Cl)[C@@H](Cc2ccccc2)C(=O)NC(C)C)S(=O)(=O)c2ccc(C)c([N+](=O)[O-])c2)cc1. The summed E-state index contributed by atoms with van der Waals surface area (Å²) in [6.07, 6.45) is 0.107. The lowest BCUT2D eigenvalue weighted by atomic mass is 10.0. The highest BCUT2D eigenvalue weighted by Crippen LogP contribution is 2.30. The molecule has 14 heteroatoms. The summed E-state index contributed by atoms with van der Waals surface area (Å²) >= 11 is 12.7. The summed E-state index contributed by atoms with van der Waals surface area (Å²) in [7, 11) is -3.14. The molecule has 49 heavy (non-hydrogen) atoms.